The van der Waals surface area contributed by atoms with E-state index in [9.17, 15) is 4.79 Å². The predicted octanol–water partition coefficient (Wildman–Crippen LogP) is 2.31. The Morgan fingerprint density at radius 2 is 2.08 bits per heavy atom. The van der Waals surface area contributed by atoms with E-state index in [1.807, 2.05) is 45.0 Å². The molecule has 128 valence electrons. The van der Waals surface area contributed by atoms with Crippen molar-refractivity contribution in [3.05, 3.63) is 30.4 Å². The Labute approximate surface area is 142 Å². The molecule has 1 saturated heterocycles. The summed E-state index contributed by atoms with van der Waals surface area (Å²) in [7, 11) is 1.89. The van der Waals surface area contributed by atoms with Crippen molar-refractivity contribution in [1.29, 1.82) is 0 Å². The van der Waals surface area contributed by atoms with Crippen LogP contribution in [0.15, 0.2) is 24.7 Å². The molecular weight excluding hydrogens is 302 g/mol. The summed E-state index contributed by atoms with van der Waals surface area (Å²) in [6.45, 7) is 7.60. The number of carbonyl (C=O) groups is 1. The van der Waals surface area contributed by atoms with Crippen molar-refractivity contribution in [2.75, 3.05) is 13.1 Å². The van der Waals surface area contributed by atoms with Crippen molar-refractivity contribution < 1.29 is 4.79 Å². The molecule has 1 atom stereocenters. The first-order valence-electron chi connectivity index (χ1n) is 8.43. The average Bonchev–Trinajstić information content (AvgIpc) is 3.15. The van der Waals surface area contributed by atoms with Gasteiger partial charge in [-0.3, -0.25) is 19.4 Å². The molecule has 3 heterocycles. The highest BCUT2D eigenvalue weighted by Gasteiger charge is 2.32. The topological polar surface area (TPSA) is 63.9 Å². The number of nitrogens with zero attached hydrogens (tertiary/aromatic N) is 5. The zero-order valence-electron chi connectivity index (χ0n) is 14.9. The lowest BCUT2D eigenvalue weighted by atomic mass is 9.95. The van der Waals surface area contributed by atoms with Crippen molar-refractivity contribution in [2.24, 2.45) is 18.4 Å². The number of aryl methyl sites for hydroxylation is 1. The van der Waals surface area contributed by atoms with E-state index in [1.54, 1.807) is 17.1 Å². The van der Waals surface area contributed by atoms with Crippen molar-refractivity contribution >= 4 is 5.91 Å². The zero-order chi connectivity index (χ0) is 17.3. The lowest BCUT2D eigenvalue weighted by Gasteiger charge is -2.25. The third-order valence-electron chi connectivity index (χ3n) is 4.50. The van der Waals surface area contributed by atoms with Crippen LogP contribution in [0.3, 0.4) is 0 Å². The van der Waals surface area contributed by atoms with Crippen molar-refractivity contribution in [1.82, 2.24) is 24.6 Å². The van der Waals surface area contributed by atoms with Crippen LogP contribution in [0.4, 0.5) is 0 Å². The molecule has 1 amide bonds. The largest absolute Gasteiger partial charge is 0.342 e. The quantitative estimate of drug-likeness (QED) is 0.868. The summed E-state index contributed by atoms with van der Waals surface area (Å²) in [6.07, 6.45) is 7.31. The van der Waals surface area contributed by atoms with E-state index < -0.39 is 0 Å². The third kappa shape index (κ3) is 3.47. The number of hydrogen-bond donors (Lipinski definition) is 0. The lowest BCUT2D eigenvalue weighted by molar-refractivity contribution is -0.138. The number of likely N-dealkylation sites (tertiary alicyclic amines) is 1. The van der Waals surface area contributed by atoms with Gasteiger partial charge in [0.2, 0.25) is 5.91 Å². The van der Waals surface area contributed by atoms with E-state index in [-0.39, 0.29) is 11.3 Å². The molecule has 0 spiro atoms. The first kappa shape index (κ1) is 16.6. The zero-order valence-corrected chi connectivity index (χ0v) is 14.9. The SMILES string of the molecule is Cn1nccc1-c1cnc(CC2CCN(C(=O)C(C)(C)C)C2)cn1. The Morgan fingerprint density at radius 3 is 2.67 bits per heavy atom. The summed E-state index contributed by atoms with van der Waals surface area (Å²) in [4.78, 5) is 23.4. The van der Waals surface area contributed by atoms with Crippen molar-refractivity contribution in [3.8, 4) is 11.4 Å². The van der Waals surface area contributed by atoms with Gasteiger partial charge in [-0.25, -0.2) is 0 Å². The summed E-state index contributed by atoms with van der Waals surface area (Å²) in [5, 5.41) is 4.15. The van der Waals surface area contributed by atoms with Gasteiger partial charge >= 0.3 is 0 Å². The molecule has 6 heteroatoms. The van der Waals surface area contributed by atoms with Gasteiger partial charge in [-0.05, 0) is 24.8 Å². The molecule has 1 aliphatic rings. The minimum Gasteiger partial charge on any atom is -0.342 e. The maximum absolute atomic E-state index is 12.4. The molecular formula is C18H25N5O. The van der Waals surface area contributed by atoms with Crippen LogP contribution in [-0.2, 0) is 18.3 Å². The fraction of sp³-hybridized carbons (Fsp3) is 0.556. The van der Waals surface area contributed by atoms with Gasteiger partial charge in [0.1, 0.15) is 5.69 Å². The van der Waals surface area contributed by atoms with Gasteiger partial charge in [-0.2, -0.15) is 5.10 Å². The summed E-state index contributed by atoms with van der Waals surface area (Å²) in [5.41, 5.74) is 2.46. The fourth-order valence-corrected chi connectivity index (χ4v) is 3.17. The Morgan fingerprint density at radius 1 is 1.29 bits per heavy atom. The third-order valence-corrected chi connectivity index (χ3v) is 4.50. The minimum absolute atomic E-state index is 0.239. The fourth-order valence-electron chi connectivity index (χ4n) is 3.17. The van der Waals surface area contributed by atoms with Gasteiger partial charge in [0, 0.05) is 37.9 Å². The molecule has 1 unspecified atom stereocenters. The molecule has 1 fully saturated rings. The first-order chi connectivity index (χ1) is 11.3. The minimum atomic E-state index is -0.306. The van der Waals surface area contributed by atoms with E-state index in [1.165, 1.54) is 0 Å². The molecule has 0 aromatic carbocycles. The molecule has 0 radical (unpaired) electrons. The van der Waals surface area contributed by atoms with Gasteiger partial charge in [-0.1, -0.05) is 20.8 Å². The van der Waals surface area contributed by atoms with Gasteiger partial charge in [0.05, 0.1) is 17.6 Å². The molecule has 0 aliphatic carbocycles. The van der Waals surface area contributed by atoms with Crippen LogP contribution < -0.4 is 0 Å². The van der Waals surface area contributed by atoms with E-state index in [2.05, 4.69) is 15.1 Å². The van der Waals surface area contributed by atoms with Crippen LogP contribution in [0, 0.1) is 11.3 Å². The Kier molecular flexibility index (Phi) is 4.39. The summed E-state index contributed by atoms with van der Waals surface area (Å²) in [5.74, 6) is 0.704. The molecule has 2 aromatic heterocycles. The molecule has 0 bridgehead atoms. The number of aromatic nitrogens is 4. The Bertz CT molecular complexity index is 714. The molecule has 0 saturated carbocycles. The molecule has 3 rings (SSSR count). The Balaban J connectivity index is 1.61. The number of carbonyl (C=O) groups excluding carboxylic acids is 1. The highest BCUT2D eigenvalue weighted by molar-refractivity contribution is 5.81. The molecule has 1 aliphatic heterocycles. The van der Waals surface area contributed by atoms with Gasteiger partial charge in [0.25, 0.3) is 0 Å². The van der Waals surface area contributed by atoms with Crippen molar-refractivity contribution in [2.45, 2.75) is 33.6 Å². The van der Waals surface area contributed by atoms with Crippen LogP contribution in [0.2, 0.25) is 0 Å². The van der Waals surface area contributed by atoms with Crippen LogP contribution >= 0.6 is 0 Å². The van der Waals surface area contributed by atoms with E-state index >= 15 is 0 Å². The first-order valence-corrected chi connectivity index (χ1v) is 8.43. The Hall–Kier alpha value is -2.24. The van der Waals surface area contributed by atoms with Crippen molar-refractivity contribution in [3.63, 3.8) is 0 Å². The highest BCUT2D eigenvalue weighted by Crippen LogP contribution is 2.25. The predicted molar refractivity (Wildman–Crippen MR) is 92.1 cm³/mol. The van der Waals surface area contributed by atoms with Gasteiger partial charge in [-0.15, -0.1) is 0 Å². The summed E-state index contributed by atoms with van der Waals surface area (Å²) < 4.78 is 1.79. The molecule has 2 aromatic rings. The standard InChI is InChI=1S/C18H25N5O/c1-18(2,3)17(24)23-8-6-13(12-23)9-14-10-20-15(11-19-14)16-5-7-21-22(16)4/h5,7,10-11,13H,6,8-9,12H2,1-4H3. The summed E-state index contributed by atoms with van der Waals surface area (Å²) >= 11 is 0. The maximum Gasteiger partial charge on any atom is 0.227 e. The smallest absolute Gasteiger partial charge is 0.227 e. The normalized spacial score (nSPS) is 18.2. The van der Waals surface area contributed by atoms with E-state index in [4.69, 9.17) is 0 Å². The average molecular weight is 327 g/mol. The summed E-state index contributed by atoms with van der Waals surface area (Å²) in [6, 6.07) is 1.93. The van der Waals surface area contributed by atoms with Crippen LogP contribution in [0.5, 0.6) is 0 Å². The van der Waals surface area contributed by atoms with Crippen LogP contribution in [0.1, 0.15) is 32.9 Å². The number of hydrogen-bond acceptors (Lipinski definition) is 4. The highest BCUT2D eigenvalue weighted by atomic mass is 16.2. The van der Waals surface area contributed by atoms with E-state index in [0.29, 0.717) is 5.92 Å². The molecule has 6 nitrogen and oxygen atoms in total. The lowest BCUT2D eigenvalue weighted by Crippen LogP contribution is -2.38. The molecule has 0 N–H and O–H groups in total. The monoisotopic (exact) mass is 327 g/mol. The second-order valence-corrected chi connectivity index (χ2v) is 7.59. The van der Waals surface area contributed by atoms with Crippen LogP contribution in [-0.4, -0.2) is 43.6 Å². The van der Waals surface area contributed by atoms with Gasteiger partial charge < -0.3 is 4.90 Å². The van der Waals surface area contributed by atoms with E-state index in [0.717, 1.165) is 43.0 Å². The maximum atomic E-state index is 12.4. The van der Waals surface area contributed by atoms with Crippen LogP contribution in [0.25, 0.3) is 11.4 Å². The van der Waals surface area contributed by atoms with Gasteiger partial charge in [0.15, 0.2) is 0 Å². The second-order valence-electron chi connectivity index (χ2n) is 7.59. The second kappa shape index (κ2) is 6.34. The number of rotatable bonds is 3. The number of amides is 1. The molecule has 24 heavy (non-hydrogen) atoms.